The predicted molar refractivity (Wildman–Crippen MR) is 103 cm³/mol. The van der Waals surface area contributed by atoms with Crippen LogP contribution >= 0.6 is 0 Å². The van der Waals surface area contributed by atoms with Crippen LogP contribution < -0.4 is 0 Å². The SMILES string of the molecule is O=C(Cc1[nH]nc2ccc(F)cc12)N1CCN(CCc2ccccc2)CC1. The molecule has 0 saturated carbocycles. The van der Waals surface area contributed by atoms with Crippen molar-refractivity contribution in [1.29, 1.82) is 0 Å². The fourth-order valence-corrected chi connectivity index (χ4v) is 3.59. The highest BCUT2D eigenvalue weighted by molar-refractivity contribution is 5.87. The van der Waals surface area contributed by atoms with Gasteiger partial charge in [0.05, 0.1) is 17.6 Å². The van der Waals surface area contributed by atoms with Gasteiger partial charge in [0.2, 0.25) is 5.91 Å². The van der Waals surface area contributed by atoms with Gasteiger partial charge in [0.1, 0.15) is 5.82 Å². The molecule has 2 aromatic carbocycles. The van der Waals surface area contributed by atoms with Crippen molar-refractivity contribution in [2.24, 2.45) is 0 Å². The maximum atomic E-state index is 13.5. The van der Waals surface area contributed by atoms with Crippen molar-refractivity contribution in [2.45, 2.75) is 12.8 Å². The second kappa shape index (κ2) is 7.88. The van der Waals surface area contributed by atoms with E-state index in [0.29, 0.717) is 16.6 Å². The van der Waals surface area contributed by atoms with Crippen molar-refractivity contribution in [2.75, 3.05) is 32.7 Å². The Bertz CT molecular complexity index is 916. The third kappa shape index (κ3) is 4.17. The minimum Gasteiger partial charge on any atom is -0.340 e. The number of hydrogen-bond donors (Lipinski definition) is 1. The Balaban J connectivity index is 1.30. The molecule has 1 fully saturated rings. The van der Waals surface area contributed by atoms with Crippen LogP contribution in [0.4, 0.5) is 4.39 Å². The molecule has 0 unspecified atom stereocenters. The van der Waals surface area contributed by atoms with Crippen molar-refractivity contribution in [3.05, 3.63) is 65.6 Å². The van der Waals surface area contributed by atoms with E-state index in [1.54, 1.807) is 6.07 Å². The van der Waals surface area contributed by atoms with E-state index in [1.165, 1.54) is 17.7 Å². The summed E-state index contributed by atoms with van der Waals surface area (Å²) in [6.45, 7) is 4.24. The summed E-state index contributed by atoms with van der Waals surface area (Å²) in [7, 11) is 0. The van der Waals surface area contributed by atoms with Crippen LogP contribution in [0.2, 0.25) is 0 Å². The average Bonchev–Trinajstić information content (AvgIpc) is 3.09. The number of nitrogens with zero attached hydrogens (tertiary/aromatic N) is 3. The van der Waals surface area contributed by atoms with Gasteiger partial charge in [-0.05, 0) is 30.2 Å². The number of carbonyl (C=O) groups excluding carboxylic acids is 1. The standard InChI is InChI=1S/C21H23FN4O/c22-17-6-7-19-18(14-17)20(24-23-19)15-21(27)26-12-10-25(11-13-26)9-8-16-4-2-1-3-5-16/h1-7,14H,8-13,15H2,(H,23,24). The Morgan fingerprint density at radius 2 is 1.85 bits per heavy atom. The maximum Gasteiger partial charge on any atom is 0.228 e. The third-order valence-electron chi connectivity index (χ3n) is 5.21. The molecule has 140 valence electrons. The van der Waals surface area contributed by atoms with Crippen molar-refractivity contribution in [1.82, 2.24) is 20.0 Å². The van der Waals surface area contributed by atoms with Crippen LogP contribution in [-0.4, -0.2) is 58.6 Å². The zero-order valence-electron chi connectivity index (χ0n) is 15.2. The number of fused-ring (bicyclic) bond motifs is 1. The third-order valence-corrected chi connectivity index (χ3v) is 5.21. The molecule has 1 aromatic heterocycles. The van der Waals surface area contributed by atoms with Crippen LogP contribution in [0.25, 0.3) is 10.9 Å². The van der Waals surface area contributed by atoms with E-state index >= 15 is 0 Å². The number of benzene rings is 2. The van der Waals surface area contributed by atoms with E-state index in [0.717, 1.165) is 39.1 Å². The van der Waals surface area contributed by atoms with Crippen LogP contribution in [0.15, 0.2) is 48.5 Å². The van der Waals surface area contributed by atoms with Gasteiger partial charge < -0.3 is 4.90 Å². The smallest absolute Gasteiger partial charge is 0.228 e. The molecule has 1 aliphatic heterocycles. The lowest BCUT2D eigenvalue weighted by molar-refractivity contribution is -0.132. The lowest BCUT2D eigenvalue weighted by Crippen LogP contribution is -2.49. The number of carbonyl (C=O) groups is 1. The molecule has 27 heavy (non-hydrogen) atoms. The van der Waals surface area contributed by atoms with Crippen LogP contribution in [-0.2, 0) is 17.6 Å². The van der Waals surface area contributed by atoms with Crippen LogP contribution in [0.3, 0.4) is 0 Å². The first-order valence-corrected chi connectivity index (χ1v) is 9.35. The van der Waals surface area contributed by atoms with Gasteiger partial charge >= 0.3 is 0 Å². The summed E-state index contributed by atoms with van der Waals surface area (Å²) in [5.74, 6) is -0.253. The van der Waals surface area contributed by atoms with E-state index in [9.17, 15) is 9.18 Å². The maximum absolute atomic E-state index is 13.5. The van der Waals surface area contributed by atoms with Gasteiger partial charge in [-0.25, -0.2) is 4.39 Å². The Kier molecular flexibility index (Phi) is 5.16. The molecule has 1 N–H and O–H groups in total. The van der Waals surface area contributed by atoms with E-state index in [-0.39, 0.29) is 18.1 Å². The summed E-state index contributed by atoms with van der Waals surface area (Å²) in [5, 5.41) is 7.72. The van der Waals surface area contributed by atoms with E-state index in [2.05, 4.69) is 39.4 Å². The predicted octanol–water partition coefficient (Wildman–Crippen LogP) is 2.63. The monoisotopic (exact) mass is 366 g/mol. The van der Waals surface area contributed by atoms with Gasteiger partial charge in [0.25, 0.3) is 0 Å². The summed E-state index contributed by atoms with van der Waals surface area (Å²) in [5.41, 5.74) is 2.71. The molecule has 0 spiro atoms. The van der Waals surface area contributed by atoms with Crippen LogP contribution in [0.5, 0.6) is 0 Å². The quantitative estimate of drug-likeness (QED) is 0.755. The van der Waals surface area contributed by atoms with E-state index in [1.807, 2.05) is 11.0 Å². The Labute approximate surface area is 157 Å². The number of aromatic nitrogens is 2. The summed E-state index contributed by atoms with van der Waals surface area (Å²) < 4.78 is 13.5. The lowest BCUT2D eigenvalue weighted by Gasteiger charge is -2.34. The molecule has 0 atom stereocenters. The summed E-state index contributed by atoms with van der Waals surface area (Å²) in [6, 6.07) is 14.9. The van der Waals surface area contributed by atoms with Crippen molar-refractivity contribution in [3.8, 4) is 0 Å². The minimum atomic E-state index is -0.315. The molecule has 0 aliphatic carbocycles. The molecule has 5 nitrogen and oxygen atoms in total. The first kappa shape index (κ1) is 17.7. The first-order valence-electron chi connectivity index (χ1n) is 9.35. The number of aromatic amines is 1. The second-order valence-corrected chi connectivity index (χ2v) is 7.00. The van der Waals surface area contributed by atoms with Crippen LogP contribution in [0.1, 0.15) is 11.3 Å². The summed E-state index contributed by atoms with van der Waals surface area (Å²) >= 11 is 0. The number of nitrogens with one attached hydrogen (secondary N) is 1. The van der Waals surface area contributed by atoms with Gasteiger partial charge in [-0.15, -0.1) is 0 Å². The first-order chi connectivity index (χ1) is 13.2. The Hall–Kier alpha value is -2.73. The molecule has 6 heteroatoms. The van der Waals surface area contributed by atoms with Gasteiger partial charge in [-0.3, -0.25) is 14.8 Å². The highest BCUT2D eigenvalue weighted by Crippen LogP contribution is 2.18. The second-order valence-electron chi connectivity index (χ2n) is 7.00. The molecule has 1 amide bonds. The lowest BCUT2D eigenvalue weighted by atomic mass is 10.1. The number of H-pyrrole nitrogens is 1. The zero-order valence-corrected chi connectivity index (χ0v) is 15.2. The number of piperazine rings is 1. The largest absolute Gasteiger partial charge is 0.340 e. The van der Waals surface area contributed by atoms with Crippen molar-refractivity contribution >= 4 is 16.8 Å². The van der Waals surface area contributed by atoms with Gasteiger partial charge in [-0.2, -0.15) is 5.10 Å². The molecule has 1 saturated heterocycles. The fourth-order valence-electron chi connectivity index (χ4n) is 3.59. The van der Waals surface area contributed by atoms with Gasteiger partial charge in [0.15, 0.2) is 0 Å². The topological polar surface area (TPSA) is 52.2 Å². The fraction of sp³-hybridized carbons (Fsp3) is 0.333. The van der Waals surface area contributed by atoms with Crippen LogP contribution in [0, 0.1) is 5.82 Å². The molecule has 4 rings (SSSR count). The molecule has 1 aliphatic rings. The van der Waals surface area contributed by atoms with Gasteiger partial charge in [0, 0.05) is 38.1 Å². The molecule has 0 bridgehead atoms. The van der Waals surface area contributed by atoms with Crippen molar-refractivity contribution in [3.63, 3.8) is 0 Å². The minimum absolute atomic E-state index is 0.0625. The van der Waals surface area contributed by atoms with Gasteiger partial charge in [-0.1, -0.05) is 30.3 Å². The summed E-state index contributed by atoms with van der Waals surface area (Å²) in [6.07, 6.45) is 1.25. The Morgan fingerprint density at radius 3 is 2.63 bits per heavy atom. The highest BCUT2D eigenvalue weighted by atomic mass is 19.1. The Morgan fingerprint density at radius 1 is 1.07 bits per heavy atom. The zero-order chi connectivity index (χ0) is 18.6. The van der Waals surface area contributed by atoms with E-state index in [4.69, 9.17) is 0 Å². The van der Waals surface area contributed by atoms with E-state index < -0.39 is 0 Å². The molecular weight excluding hydrogens is 343 g/mol. The molecule has 0 radical (unpaired) electrons. The molecule has 3 aromatic rings. The summed E-state index contributed by atoms with van der Waals surface area (Å²) in [4.78, 5) is 16.9. The molecule has 2 heterocycles. The number of halogens is 1. The number of amides is 1. The number of hydrogen-bond acceptors (Lipinski definition) is 3. The molecular formula is C21H23FN4O. The normalized spacial score (nSPS) is 15.4. The highest BCUT2D eigenvalue weighted by Gasteiger charge is 2.22. The number of rotatable bonds is 5. The van der Waals surface area contributed by atoms with Crippen molar-refractivity contribution < 1.29 is 9.18 Å². The average molecular weight is 366 g/mol.